The monoisotopic (exact) mass is 254 g/mol. The molecule has 0 radical (unpaired) electrons. The average Bonchev–Trinajstić information content (AvgIpc) is 2.84. The molecule has 1 N–H and O–H groups in total. The van der Waals surface area contributed by atoms with E-state index >= 15 is 0 Å². The first kappa shape index (κ1) is 12.2. The van der Waals surface area contributed by atoms with Crippen LogP contribution in [-0.2, 0) is 6.42 Å². The van der Waals surface area contributed by atoms with E-state index in [4.69, 9.17) is 0 Å². The fourth-order valence-electron chi connectivity index (χ4n) is 2.97. The Morgan fingerprint density at radius 3 is 2.95 bits per heavy atom. The number of rotatable bonds is 3. The maximum atomic E-state index is 4.57. The average molecular weight is 254 g/mol. The molecular weight excluding hydrogens is 236 g/mol. The number of hydrogen-bond acceptors (Lipinski definition) is 4. The topological polar surface area (TPSA) is 50.7 Å². The quantitative estimate of drug-likeness (QED) is 0.912. The lowest BCUT2D eigenvalue weighted by Gasteiger charge is -2.23. The van der Waals surface area contributed by atoms with Crippen LogP contribution in [0.25, 0.3) is 0 Å². The highest BCUT2D eigenvalue weighted by Gasteiger charge is 2.31. The molecule has 19 heavy (non-hydrogen) atoms. The van der Waals surface area contributed by atoms with E-state index in [-0.39, 0.29) is 6.04 Å². The first-order valence-corrected chi connectivity index (χ1v) is 6.70. The van der Waals surface area contributed by atoms with Crippen molar-refractivity contribution in [1.82, 2.24) is 20.3 Å². The lowest BCUT2D eigenvalue weighted by atomic mass is 9.94. The Morgan fingerprint density at radius 2 is 2.16 bits per heavy atom. The zero-order chi connectivity index (χ0) is 13.2. The van der Waals surface area contributed by atoms with Crippen LogP contribution in [0.15, 0.2) is 30.6 Å². The molecule has 1 aliphatic carbocycles. The Balaban J connectivity index is 1.96. The van der Waals surface area contributed by atoms with Gasteiger partial charge in [0.1, 0.15) is 5.82 Å². The molecule has 0 amide bonds. The molecule has 0 saturated heterocycles. The van der Waals surface area contributed by atoms with Gasteiger partial charge in [-0.2, -0.15) is 0 Å². The number of hydrogen-bond donors (Lipinski definition) is 1. The van der Waals surface area contributed by atoms with Crippen LogP contribution >= 0.6 is 0 Å². The smallest absolute Gasteiger partial charge is 0.125 e. The molecule has 98 valence electrons. The Labute approximate surface area is 113 Å². The third-order valence-corrected chi connectivity index (χ3v) is 3.83. The van der Waals surface area contributed by atoms with Crippen molar-refractivity contribution in [2.75, 3.05) is 7.05 Å². The molecule has 2 heterocycles. The summed E-state index contributed by atoms with van der Waals surface area (Å²) in [5, 5.41) is 3.40. The summed E-state index contributed by atoms with van der Waals surface area (Å²) in [6, 6.07) is 6.40. The normalized spacial score (nSPS) is 19.2. The van der Waals surface area contributed by atoms with Crippen molar-refractivity contribution in [1.29, 1.82) is 0 Å². The largest absolute Gasteiger partial charge is 0.311 e. The number of aromatic nitrogens is 3. The zero-order valence-corrected chi connectivity index (χ0v) is 11.3. The predicted octanol–water partition coefficient (Wildman–Crippen LogP) is 2.17. The lowest BCUT2D eigenvalue weighted by Crippen LogP contribution is -2.24. The van der Waals surface area contributed by atoms with E-state index in [1.54, 1.807) is 0 Å². The summed E-state index contributed by atoms with van der Waals surface area (Å²) >= 11 is 0. The first-order chi connectivity index (χ1) is 9.29. The van der Waals surface area contributed by atoms with Crippen molar-refractivity contribution < 1.29 is 0 Å². The SMILES string of the molecule is CNC(c1ccnc(C)n1)C1CCc2cccnc21. The minimum absolute atomic E-state index is 0.206. The van der Waals surface area contributed by atoms with Gasteiger partial charge in [-0.1, -0.05) is 6.07 Å². The van der Waals surface area contributed by atoms with Gasteiger partial charge in [-0.05, 0) is 44.5 Å². The second kappa shape index (κ2) is 5.05. The van der Waals surface area contributed by atoms with Gasteiger partial charge in [-0.3, -0.25) is 4.98 Å². The number of pyridine rings is 1. The Kier molecular flexibility index (Phi) is 3.25. The van der Waals surface area contributed by atoms with Crippen LogP contribution in [0.1, 0.15) is 41.2 Å². The Hall–Kier alpha value is -1.81. The fourth-order valence-corrected chi connectivity index (χ4v) is 2.97. The van der Waals surface area contributed by atoms with E-state index in [9.17, 15) is 0 Å². The molecule has 0 saturated carbocycles. The number of likely N-dealkylation sites (N-methyl/N-ethyl adjacent to an activating group) is 1. The summed E-state index contributed by atoms with van der Waals surface area (Å²) in [7, 11) is 1.99. The molecular formula is C15H18N4. The van der Waals surface area contributed by atoms with Crippen LogP contribution in [0.2, 0.25) is 0 Å². The van der Waals surface area contributed by atoms with Gasteiger partial charge >= 0.3 is 0 Å². The molecule has 0 bridgehead atoms. The van der Waals surface area contributed by atoms with Gasteiger partial charge in [0.25, 0.3) is 0 Å². The highest BCUT2D eigenvalue weighted by Crippen LogP contribution is 2.39. The summed E-state index contributed by atoms with van der Waals surface area (Å²) in [5.74, 6) is 1.22. The molecule has 2 aromatic heterocycles. The molecule has 4 heteroatoms. The van der Waals surface area contributed by atoms with E-state index in [2.05, 4.69) is 26.3 Å². The van der Waals surface area contributed by atoms with Gasteiger partial charge in [0.2, 0.25) is 0 Å². The molecule has 2 atom stereocenters. The van der Waals surface area contributed by atoms with Crippen molar-refractivity contribution >= 4 is 0 Å². The number of nitrogens with zero attached hydrogens (tertiary/aromatic N) is 3. The van der Waals surface area contributed by atoms with E-state index < -0.39 is 0 Å². The van der Waals surface area contributed by atoms with Crippen molar-refractivity contribution in [3.05, 3.63) is 53.4 Å². The van der Waals surface area contributed by atoms with Gasteiger partial charge in [0, 0.05) is 24.0 Å². The second-order valence-corrected chi connectivity index (χ2v) is 4.99. The molecule has 0 spiro atoms. The molecule has 0 aliphatic heterocycles. The third kappa shape index (κ3) is 2.24. The lowest BCUT2D eigenvalue weighted by molar-refractivity contribution is 0.458. The molecule has 3 rings (SSSR count). The molecule has 0 aromatic carbocycles. The third-order valence-electron chi connectivity index (χ3n) is 3.83. The van der Waals surface area contributed by atoms with E-state index in [0.29, 0.717) is 5.92 Å². The van der Waals surface area contributed by atoms with Crippen LogP contribution in [0.5, 0.6) is 0 Å². The molecule has 2 unspecified atom stereocenters. The van der Waals surface area contributed by atoms with Gasteiger partial charge in [-0.25, -0.2) is 9.97 Å². The summed E-state index contributed by atoms with van der Waals surface area (Å²) in [5.41, 5.74) is 3.65. The Morgan fingerprint density at radius 1 is 1.26 bits per heavy atom. The van der Waals surface area contributed by atoms with Crippen LogP contribution < -0.4 is 5.32 Å². The van der Waals surface area contributed by atoms with Crippen LogP contribution in [0.4, 0.5) is 0 Å². The van der Waals surface area contributed by atoms with Crippen LogP contribution in [0.3, 0.4) is 0 Å². The summed E-state index contributed by atoms with van der Waals surface area (Å²) in [6.45, 7) is 1.93. The van der Waals surface area contributed by atoms with Crippen LogP contribution in [-0.4, -0.2) is 22.0 Å². The van der Waals surface area contributed by atoms with Crippen molar-refractivity contribution in [3.8, 4) is 0 Å². The maximum absolute atomic E-state index is 4.57. The second-order valence-electron chi connectivity index (χ2n) is 4.99. The van der Waals surface area contributed by atoms with Gasteiger partial charge in [-0.15, -0.1) is 0 Å². The van der Waals surface area contributed by atoms with E-state index in [1.807, 2.05) is 38.5 Å². The van der Waals surface area contributed by atoms with Gasteiger partial charge in [0.05, 0.1) is 11.7 Å². The number of aryl methyl sites for hydroxylation is 2. The molecule has 0 fully saturated rings. The summed E-state index contributed by atoms with van der Waals surface area (Å²) < 4.78 is 0. The summed E-state index contributed by atoms with van der Waals surface area (Å²) in [4.78, 5) is 13.3. The standard InChI is InChI=1S/C15H18N4/c1-10-17-9-7-13(19-10)15(16-2)12-6-5-11-4-3-8-18-14(11)12/h3-4,7-9,12,15-16H,5-6H2,1-2H3. The van der Waals surface area contributed by atoms with E-state index in [0.717, 1.165) is 24.4 Å². The van der Waals surface area contributed by atoms with Gasteiger partial charge < -0.3 is 5.32 Å². The predicted molar refractivity (Wildman–Crippen MR) is 73.9 cm³/mol. The van der Waals surface area contributed by atoms with E-state index in [1.165, 1.54) is 11.3 Å². The Bertz CT molecular complexity index is 582. The minimum atomic E-state index is 0.206. The fraction of sp³-hybridized carbons (Fsp3) is 0.400. The summed E-state index contributed by atoms with van der Waals surface area (Å²) in [6.07, 6.45) is 5.95. The molecule has 4 nitrogen and oxygen atoms in total. The highest BCUT2D eigenvalue weighted by atomic mass is 15.0. The number of fused-ring (bicyclic) bond motifs is 1. The van der Waals surface area contributed by atoms with Crippen molar-refractivity contribution in [2.45, 2.75) is 31.7 Å². The first-order valence-electron chi connectivity index (χ1n) is 6.70. The van der Waals surface area contributed by atoms with Crippen molar-refractivity contribution in [2.24, 2.45) is 0 Å². The maximum Gasteiger partial charge on any atom is 0.125 e. The number of nitrogens with one attached hydrogen (secondary N) is 1. The van der Waals surface area contributed by atoms with Crippen molar-refractivity contribution in [3.63, 3.8) is 0 Å². The zero-order valence-electron chi connectivity index (χ0n) is 11.3. The minimum Gasteiger partial charge on any atom is -0.311 e. The highest BCUT2D eigenvalue weighted by molar-refractivity contribution is 5.31. The molecule has 2 aromatic rings. The van der Waals surface area contributed by atoms with Crippen LogP contribution in [0, 0.1) is 6.92 Å². The van der Waals surface area contributed by atoms with Gasteiger partial charge in [0.15, 0.2) is 0 Å². The molecule has 1 aliphatic rings.